The van der Waals surface area contributed by atoms with Crippen LogP contribution in [0.4, 0.5) is 0 Å². The molecule has 1 aromatic carbocycles. The summed E-state index contributed by atoms with van der Waals surface area (Å²) in [7, 11) is 1.56. The van der Waals surface area contributed by atoms with E-state index >= 15 is 0 Å². The number of aromatic nitrogens is 2. The van der Waals surface area contributed by atoms with E-state index in [1.807, 2.05) is 0 Å². The lowest BCUT2D eigenvalue weighted by Crippen LogP contribution is -2.07. The molecule has 0 aliphatic rings. The van der Waals surface area contributed by atoms with Gasteiger partial charge in [-0.05, 0) is 12.1 Å². The van der Waals surface area contributed by atoms with Crippen LogP contribution in [-0.2, 0) is 6.73 Å². The number of nitrogens with zero attached hydrogens (tertiary/aromatic N) is 2. The summed E-state index contributed by atoms with van der Waals surface area (Å²) < 4.78 is 11.8. The van der Waals surface area contributed by atoms with E-state index in [1.54, 1.807) is 31.4 Å². The fraction of sp³-hybridized carbons (Fsp3) is 0.167. The Labute approximate surface area is 114 Å². The molecular formula is C12H11ClN2O4. The molecular weight excluding hydrogens is 272 g/mol. The van der Waals surface area contributed by atoms with Crippen molar-refractivity contribution in [2.75, 3.05) is 7.11 Å². The minimum Gasteiger partial charge on any atom is -0.497 e. The molecule has 2 aromatic rings. The number of hydrogen-bond donors (Lipinski definition) is 1. The van der Waals surface area contributed by atoms with Gasteiger partial charge in [0.05, 0.1) is 12.1 Å². The van der Waals surface area contributed by atoms with Gasteiger partial charge in [0, 0.05) is 12.3 Å². The fourth-order valence-corrected chi connectivity index (χ4v) is 1.67. The van der Waals surface area contributed by atoms with Gasteiger partial charge in [-0.15, -0.1) is 0 Å². The van der Waals surface area contributed by atoms with E-state index in [-0.39, 0.29) is 17.4 Å². The Bertz CT molecular complexity index is 597. The molecule has 0 aliphatic carbocycles. The van der Waals surface area contributed by atoms with Crippen molar-refractivity contribution in [1.82, 2.24) is 9.78 Å². The monoisotopic (exact) mass is 282 g/mol. The molecule has 0 aliphatic heterocycles. The average Bonchev–Trinajstić information content (AvgIpc) is 2.78. The Morgan fingerprint density at radius 2 is 2.21 bits per heavy atom. The van der Waals surface area contributed by atoms with Crippen LogP contribution >= 0.6 is 11.6 Å². The summed E-state index contributed by atoms with van der Waals surface area (Å²) in [4.78, 5) is 10.8. The van der Waals surface area contributed by atoms with Crippen LogP contribution < -0.4 is 9.47 Å². The van der Waals surface area contributed by atoms with Crippen molar-refractivity contribution in [3.63, 3.8) is 0 Å². The number of benzene rings is 1. The summed E-state index contributed by atoms with van der Waals surface area (Å²) in [5.41, 5.74) is -0.198. The smallest absolute Gasteiger partial charge is 0.357 e. The van der Waals surface area contributed by atoms with Crippen molar-refractivity contribution in [1.29, 1.82) is 0 Å². The van der Waals surface area contributed by atoms with Crippen molar-refractivity contribution in [2.24, 2.45) is 0 Å². The standard InChI is InChI=1S/C12H11ClN2O4/c1-18-8-3-2-4-9(5-8)19-7-15-6-10(13)11(14-15)12(16)17/h2-6H,7H2,1H3,(H,16,17). The molecule has 1 aromatic heterocycles. The normalized spacial score (nSPS) is 10.2. The van der Waals surface area contributed by atoms with Crippen LogP contribution in [0, 0.1) is 0 Å². The zero-order valence-corrected chi connectivity index (χ0v) is 10.8. The number of rotatable bonds is 5. The summed E-state index contributed by atoms with van der Waals surface area (Å²) in [5.74, 6) is 0.0789. The van der Waals surface area contributed by atoms with Crippen LogP contribution in [0.2, 0.25) is 5.02 Å². The molecule has 1 heterocycles. The molecule has 100 valence electrons. The predicted molar refractivity (Wildman–Crippen MR) is 67.8 cm³/mol. The number of carboxylic acids is 1. The minimum atomic E-state index is -1.18. The molecule has 0 fully saturated rings. The van der Waals surface area contributed by atoms with Gasteiger partial charge in [-0.2, -0.15) is 5.10 Å². The molecule has 6 nitrogen and oxygen atoms in total. The van der Waals surface area contributed by atoms with Crippen molar-refractivity contribution < 1.29 is 19.4 Å². The summed E-state index contributed by atoms with van der Waals surface area (Å²) in [6, 6.07) is 7.04. The molecule has 0 bridgehead atoms. The van der Waals surface area contributed by atoms with Crippen LogP contribution in [0.25, 0.3) is 0 Å². The molecule has 0 saturated heterocycles. The number of methoxy groups -OCH3 is 1. The third-order valence-electron chi connectivity index (χ3n) is 2.32. The topological polar surface area (TPSA) is 73.6 Å². The van der Waals surface area contributed by atoms with Gasteiger partial charge in [-0.25, -0.2) is 9.48 Å². The SMILES string of the molecule is COc1cccc(OCn2cc(Cl)c(C(=O)O)n2)c1. The van der Waals surface area contributed by atoms with Gasteiger partial charge in [-0.1, -0.05) is 17.7 Å². The zero-order valence-electron chi connectivity index (χ0n) is 10.0. The summed E-state index contributed by atoms with van der Waals surface area (Å²) >= 11 is 5.73. The maximum absolute atomic E-state index is 10.8. The van der Waals surface area contributed by atoms with Crippen LogP contribution in [-0.4, -0.2) is 28.0 Å². The van der Waals surface area contributed by atoms with Gasteiger partial charge >= 0.3 is 5.97 Å². The lowest BCUT2D eigenvalue weighted by atomic mass is 10.3. The molecule has 0 saturated carbocycles. The van der Waals surface area contributed by atoms with Crippen LogP contribution in [0.1, 0.15) is 10.5 Å². The summed E-state index contributed by atoms with van der Waals surface area (Å²) in [5, 5.41) is 12.7. The number of hydrogen-bond acceptors (Lipinski definition) is 4. The number of halogens is 1. The fourth-order valence-electron chi connectivity index (χ4n) is 1.44. The highest BCUT2D eigenvalue weighted by Gasteiger charge is 2.14. The van der Waals surface area contributed by atoms with Gasteiger partial charge in [0.1, 0.15) is 11.5 Å². The molecule has 0 atom stereocenters. The zero-order chi connectivity index (χ0) is 13.8. The Kier molecular flexibility index (Phi) is 3.91. The van der Waals surface area contributed by atoms with E-state index in [9.17, 15) is 4.79 Å². The molecule has 0 amide bonds. The first kappa shape index (κ1) is 13.2. The third-order valence-corrected chi connectivity index (χ3v) is 2.60. The minimum absolute atomic E-state index is 0.0557. The van der Waals surface area contributed by atoms with Gasteiger partial charge < -0.3 is 14.6 Å². The van der Waals surface area contributed by atoms with Crippen molar-refractivity contribution in [3.05, 3.63) is 41.2 Å². The first-order valence-electron chi connectivity index (χ1n) is 5.33. The number of carboxylic acid groups (broad SMARTS) is 1. The highest BCUT2D eigenvalue weighted by Crippen LogP contribution is 2.19. The first-order valence-corrected chi connectivity index (χ1v) is 5.71. The molecule has 0 spiro atoms. The molecule has 19 heavy (non-hydrogen) atoms. The van der Waals surface area contributed by atoms with Crippen molar-refractivity contribution in [2.45, 2.75) is 6.73 Å². The molecule has 0 radical (unpaired) electrons. The summed E-state index contributed by atoms with van der Waals surface area (Å²) in [6.45, 7) is 0.0557. The second kappa shape index (κ2) is 5.62. The summed E-state index contributed by atoms with van der Waals surface area (Å²) in [6.07, 6.45) is 1.39. The first-order chi connectivity index (χ1) is 9.10. The second-order valence-corrected chi connectivity index (χ2v) is 4.03. The third kappa shape index (κ3) is 3.17. The molecule has 2 rings (SSSR count). The molecule has 1 N–H and O–H groups in total. The van der Waals surface area contributed by atoms with E-state index in [2.05, 4.69) is 5.10 Å². The highest BCUT2D eigenvalue weighted by molar-refractivity contribution is 6.33. The Hall–Kier alpha value is -2.21. The molecule has 7 heteroatoms. The van der Waals surface area contributed by atoms with Gasteiger partial charge in [0.2, 0.25) is 0 Å². The lowest BCUT2D eigenvalue weighted by molar-refractivity contribution is 0.0688. The van der Waals surface area contributed by atoms with Crippen LogP contribution in [0.15, 0.2) is 30.5 Å². The Balaban J connectivity index is 2.06. The highest BCUT2D eigenvalue weighted by atomic mass is 35.5. The average molecular weight is 283 g/mol. The number of carbonyl (C=O) groups is 1. The maximum Gasteiger partial charge on any atom is 0.357 e. The van der Waals surface area contributed by atoms with Crippen molar-refractivity contribution >= 4 is 17.6 Å². The maximum atomic E-state index is 10.8. The van der Waals surface area contributed by atoms with E-state index in [0.717, 1.165) is 0 Å². The number of aromatic carboxylic acids is 1. The van der Waals surface area contributed by atoms with Crippen LogP contribution in [0.3, 0.4) is 0 Å². The van der Waals surface area contributed by atoms with Gasteiger partial charge in [0.25, 0.3) is 0 Å². The van der Waals surface area contributed by atoms with E-state index in [1.165, 1.54) is 10.9 Å². The molecule has 0 unspecified atom stereocenters. The van der Waals surface area contributed by atoms with Crippen LogP contribution in [0.5, 0.6) is 11.5 Å². The van der Waals surface area contributed by atoms with Crippen molar-refractivity contribution in [3.8, 4) is 11.5 Å². The second-order valence-electron chi connectivity index (χ2n) is 3.62. The largest absolute Gasteiger partial charge is 0.497 e. The van der Waals surface area contributed by atoms with E-state index in [4.69, 9.17) is 26.2 Å². The Morgan fingerprint density at radius 1 is 1.47 bits per heavy atom. The quantitative estimate of drug-likeness (QED) is 0.911. The number of ether oxygens (including phenoxy) is 2. The lowest BCUT2D eigenvalue weighted by Gasteiger charge is -2.07. The van der Waals surface area contributed by atoms with E-state index < -0.39 is 5.97 Å². The van der Waals surface area contributed by atoms with E-state index in [0.29, 0.717) is 11.5 Å². The van der Waals surface area contributed by atoms with Gasteiger partial charge in [0.15, 0.2) is 12.4 Å². The van der Waals surface area contributed by atoms with Gasteiger partial charge in [-0.3, -0.25) is 0 Å². The predicted octanol–water partition coefficient (Wildman–Crippen LogP) is 2.28. The Morgan fingerprint density at radius 3 is 2.84 bits per heavy atom.